The predicted octanol–water partition coefficient (Wildman–Crippen LogP) is 4.03. The van der Waals surface area contributed by atoms with Gasteiger partial charge in [0.15, 0.2) is 0 Å². The number of aliphatic hydroxyl groups excluding tert-OH is 1. The SMILES string of the molecule is Nc1c(S(=O)C2CCC2)sc2nc(-c3cncnc3)cc(-c3ccc(OCCO)cc3)c12. The van der Waals surface area contributed by atoms with Crippen LogP contribution < -0.4 is 10.5 Å². The number of anilines is 1. The molecular weight excluding hydrogens is 444 g/mol. The van der Waals surface area contributed by atoms with Gasteiger partial charge in [0.05, 0.1) is 28.8 Å². The highest BCUT2D eigenvalue weighted by molar-refractivity contribution is 7.88. The summed E-state index contributed by atoms with van der Waals surface area (Å²) in [7, 11) is -1.12. The Bertz CT molecular complexity index is 1270. The van der Waals surface area contributed by atoms with E-state index < -0.39 is 10.8 Å². The van der Waals surface area contributed by atoms with E-state index in [4.69, 9.17) is 20.6 Å². The second-order valence-electron chi connectivity index (χ2n) is 7.61. The van der Waals surface area contributed by atoms with E-state index in [1.165, 1.54) is 17.7 Å². The van der Waals surface area contributed by atoms with Crippen molar-refractivity contribution in [3.05, 3.63) is 49.1 Å². The summed E-state index contributed by atoms with van der Waals surface area (Å²) in [4.78, 5) is 13.8. The van der Waals surface area contributed by atoms with Crippen LogP contribution >= 0.6 is 11.3 Å². The quantitative estimate of drug-likeness (QED) is 0.423. The molecule has 0 saturated heterocycles. The van der Waals surface area contributed by atoms with Crippen molar-refractivity contribution < 1.29 is 14.1 Å². The average Bonchev–Trinajstić information content (AvgIpc) is 3.13. The molecule has 3 aromatic heterocycles. The summed E-state index contributed by atoms with van der Waals surface area (Å²) in [5, 5.41) is 9.98. The molecule has 0 spiro atoms. The molecule has 0 aliphatic heterocycles. The summed E-state index contributed by atoms with van der Waals surface area (Å²) in [6.45, 7) is 0.201. The minimum atomic E-state index is -1.12. The standard InChI is InChI=1S/C23H22N4O3S2/c24-21-20-18(14-4-6-16(7-5-14)30-9-8-28)10-19(15-11-25-13-26-12-15)27-22(20)31-23(21)32(29)17-2-1-3-17/h4-7,10-13,17,28H,1-3,8-9,24H2. The molecule has 3 N–H and O–H groups in total. The van der Waals surface area contributed by atoms with Gasteiger partial charge in [-0.2, -0.15) is 0 Å². The molecule has 3 heterocycles. The van der Waals surface area contributed by atoms with Gasteiger partial charge in [-0.05, 0) is 42.2 Å². The Morgan fingerprint density at radius 1 is 1.16 bits per heavy atom. The van der Waals surface area contributed by atoms with Gasteiger partial charge in [0.2, 0.25) is 0 Å². The smallest absolute Gasteiger partial charge is 0.127 e. The lowest BCUT2D eigenvalue weighted by Crippen LogP contribution is -2.23. The van der Waals surface area contributed by atoms with Crippen LogP contribution in [0.15, 0.2) is 53.3 Å². The number of aliphatic hydroxyl groups is 1. The molecule has 4 aromatic rings. The summed E-state index contributed by atoms with van der Waals surface area (Å²) < 4.78 is 19.3. The van der Waals surface area contributed by atoms with Gasteiger partial charge in [-0.15, -0.1) is 11.3 Å². The van der Waals surface area contributed by atoms with Crippen LogP contribution in [0.4, 0.5) is 5.69 Å². The molecule has 9 heteroatoms. The van der Waals surface area contributed by atoms with Gasteiger partial charge in [-0.1, -0.05) is 18.6 Å². The maximum atomic E-state index is 13.1. The molecule has 32 heavy (non-hydrogen) atoms. The van der Waals surface area contributed by atoms with Crippen molar-refractivity contribution in [2.75, 3.05) is 18.9 Å². The van der Waals surface area contributed by atoms with E-state index >= 15 is 0 Å². The fourth-order valence-corrected chi connectivity index (χ4v) is 6.90. The summed E-state index contributed by atoms with van der Waals surface area (Å²) >= 11 is 1.41. The van der Waals surface area contributed by atoms with Gasteiger partial charge >= 0.3 is 0 Å². The molecule has 0 amide bonds. The molecule has 1 atom stereocenters. The van der Waals surface area contributed by atoms with Crippen LogP contribution in [0.25, 0.3) is 32.6 Å². The zero-order valence-electron chi connectivity index (χ0n) is 17.2. The summed E-state index contributed by atoms with van der Waals surface area (Å²) in [6.07, 6.45) is 8.00. The predicted molar refractivity (Wildman–Crippen MR) is 127 cm³/mol. The van der Waals surface area contributed by atoms with Gasteiger partial charge in [-0.3, -0.25) is 4.21 Å². The van der Waals surface area contributed by atoms with Crippen LogP contribution in [0.5, 0.6) is 5.75 Å². The zero-order chi connectivity index (χ0) is 22.1. The Hall–Kier alpha value is -2.88. The molecule has 1 unspecified atom stereocenters. The van der Waals surface area contributed by atoms with Crippen LogP contribution in [0.1, 0.15) is 19.3 Å². The van der Waals surface area contributed by atoms with Crippen LogP contribution in [0.2, 0.25) is 0 Å². The van der Waals surface area contributed by atoms with Crippen LogP contribution in [-0.2, 0) is 10.8 Å². The zero-order valence-corrected chi connectivity index (χ0v) is 18.9. The van der Waals surface area contributed by atoms with Gasteiger partial charge in [0.1, 0.15) is 27.7 Å². The number of thiophene rings is 1. The number of nitrogens with zero attached hydrogens (tertiary/aromatic N) is 3. The van der Waals surface area contributed by atoms with E-state index in [1.54, 1.807) is 12.4 Å². The summed E-state index contributed by atoms with van der Waals surface area (Å²) in [5.41, 5.74) is 10.5. The Morgan fingerprint density at radius 3 is 2.56 bits per heavy atom. The van der Waals surface area contributed by atoms with Crippen molar-refractivity contribution in [1.29, 1.82) is 0 Å². The lowest BCUT2D eigenvalue weighted by Gasteiger charge is -2.23. The van der Waals surface area contributed by atoms with Crippen LogP contribution in [-0.4, -0.2) is 42.7 Å². The molecule has 5 rings (SSSR count). The van der Waals surface area contributed by atoms with Gasteiger partial charge in [0.25, 0.3) is 0 Å². The van der Waals surface area contributed by atoms with Gasteiger partial charge < -0.3 is 15.6 Å². The molecule has 1 fully saturated rings. The number of pyridine rings is 1. The lowest BCUT2D eigenvalue weighted by molar-refractivity contribution is 0.201. The van der Waals surface area contributed by atoms with Crippen molar-refractivity contribution in [2.45, 2.75) is 28.7 Å². The highest BCUT2D eigenvalue weighted by Crippen LogP contribution is 2.44. The van der Waals surface area contributed by atoms with Gasteiger partial charge in [0, 0.05) is 28.6 Å². The van der Waals surface area contributed by atoms with E-state index in [2.05, 4.69) is 9.97 Å². The van der Waals surface area contributed by atoms with Gasteiger partial charge in [-0.25, -0.2) is 15.0 Å². The topological polar surface area (TPSA) is 111 Å². The third-order valence-corrected chi connectivity index (χ3v) is 8.88. The molecule has 164 valence electrons. The largest absolute Gasteiger partial charge is 0.491 e. The molecule has 7 nitrogen and oxygen atoms in total. The van der Waals surface area contributed by atoms with E-state index in [1.807, 2.05) is 30.3 Å². The number of benzene rings is 1. The Balaban J connectivity index is 1.66. The first-order chi connectivity index (χ1) is 15.7. The minimum absolute atomic E-state index is 0.0401. The maximum absolute atomic E-state index is 13.1. The normalized spacial score (nSPS) is 14.9. The fraction of sp³-hybridized carbons (Fsp3) is 0.261. The number of aromatic nitrogens is 3. The second kappa shape index (κ2) is 8.93. The number of hydrogen-bond acceptors (Lipinski definition) is 8. The third-order valence-electron chi connectivity index (χ3n) is 5.58. The number of nitrogen functional groups attached to an aromatic ring is 1. The maximum Gasteiger partial charge on any atom is 0.127 e. The molecule has 1 saturated carbocycles. The molecule has 0 radical (unpaired) electrons. The molecular formula is C23H22N4O3S2. The lowest BCUT2D eigenvalue weighted by atomic mass is 10.00. The first-order valence-electron chi connectivity index (χ1n) is 10.4. The number of fused-ring (bicyclic) bond motifs is 1. The van der Waals surface area contributed by atoms with E-state index in [9.17, 15) is 4.21 Å². The Kier molecular flexibility index (Phi) is 5.86. The second-order valence-corrected chi connectivity index (χ2v) is 10.5. The monoisotopic (exact) mass is 466 g/mol. The number of hydrogen-bond donors (Lipinski definition) is 2. The highest BCUT2D eigenvalue weighted by Gasteiger charge is 2.29. The minimum Gasteiger partial charge on any atom is -0.491 e. The van der Waals surface area contributed by atoms with E-state index in [0.29, 0.717) is 15.6 Å². The molecule has 0 bridgehead atoms. The van der Waals surface area contributed by atoms with Crippen molar-refractivity contribution >= 4 is 38.0 Å². The number of nitrogens with two attached hydrogens (primary N) is 1. The van der Waals surface area contributed by atoms with Crippen molar-refractivity contribution in [3.8, 4) is 28.1 Å². The average molecular weight is 467 g/mol. The molecule has 1 aliphatic rings. The van der Waals surface area contributed by atoms with Crippen molar-refractivity contribution in [2.24, 2.45) is 0 Å². The van der Waals surface area contributed by atoms with Crippen LogP contribution in [0.3, 0.4) is 0 Å². The highest BCUT2D eigenvalue weighted by atomic mass is 32.2. The van der Waals surface area contributed by atoms with E-state index in [0.717, 1.165) is 51.9 Å². The van der Waals surface area contributed by atoms with Crippen molar-refractivity contribution in [3.63, 3.8) is 0 Å². The first kappa shape index (κ1) is 21.0. The number of rotatable bonds is 7. The summed E-state index contributed by atoms with van der Waals surface area (Å²) in [6, 6.07) is 9.60. The Labute approximate surface area is 191 Å². The van der Waals surface area contributed by atoms with Crippen LogP contribution in [0, 0.1) is 0 Å². The van der Waals surface area contributed by atoms with Crippen molar-refractivity contribution in [1.82, 2.24) is 15.0 Å². The first-order valence-corrected chi connectivity index (χ1v) is 12.4. The fourth-order valence-electron chi connectivity index (χ4n) is 3.69. The Morgan fingerprint density at radius 2 is 1.91 bits per heavy atom. The summed E-state index contributed by atoms with van der Waals surface area (Å²) in [5.74, 6) is 0.676. The molecule has 1 aromatic carbocycles. The molecule has 1 aliphatic carbocycles. The van der Waals surface area contributed by atoms with E-state index in [-0.39, 0.29) is 18.5 Å². The number of ether oxygens (including phenoxy) is 1. The third kappa shape index (κ3) is 3.87.